The zero-order valence-corrected chi connectivity index (χ0v) is 36.7. The van der Waals surface area contributed by atoms with Crippen LogP contribution in [0.5, 0.6) is 0 Å². The molecule has 0 amide bonds. The van der Waals surface area contributed by atoms with E-state index < -0.39 is 5.60 Å². The Hall–Kier alpha value is -7.27. The predicted molar refractivity (Wildman–Crippen MR) is 244 cm³/mol. The molecule has 0 fully saturated rings. The summed E-state index contributed by atoms with van der Waals surface area (Å²) >= 11 is 0. The number of nitrogens with two attached hydrogens (primary N) is 1. The molecule has 8 aromatic rings. The van der Waals surface area contributed by atoms with Crippen molar-refractivity contribution in [2.45, 2.75) is 91.6 Å². The van der Waals surface area contributed by atoms with Crippen LogP contribution < -0.4 is 16.4 Å². The number of nitrogens with zero attached hydrogens (tertiary/aromatic N) is 12. The monoisotopic (exact) mass is 847 g/mol. The number of fused-ring (bicyclic) bond motifs is 2. The molecular weight excluding hydrogens is 795 g/mol. The normalized spacial score (nSPS) is 11.5. The molecule has 0 radical (unpaired) electrons. The minimum absolute atomic E-state index is 0.187. The highest BCUT2D eigenvalue weighted by Gasteiger charge is 2.16. The molecule has 0 unspecified atom stereocenters. The van der Waals surface area contributed by atoms with Crippen LogP contribution in [0.25, 0.3) is 33.4 Å². The number of carbonyl (C=O) groups excluding carboxylic acids is 1. The molecule has 8 heterocycles. The van der Waals surface area contributed by atoms with Crippen LogP contribution >= 0.6 is 0 Å². The van der Waals surface area contributed by atoms with E-state index in [1.165, 1.54) is 0 Å². The smallest absolute Gasteiger partial charge is 0.306 e. The standard InChI is InChI=1S/C26H31N7O2.C20H22N8/c1-17(2)18-11-24(32-29-13-18)31-23-10-9-21-22(30-23)12-20(14-27-21)33-15-19(28-16-33)7-6-8-25(34)35-26(3,4)5;1-13(2)14-7-20(27-24-9-14)26-19-4-3-17-18(25-19)8-16(10-22-17)28-11-15(5-6-21)23-12-28/h9-17H,6-8H2,1-5H3,(H,30,31,32);3-4,7-13H,5-6,21H2,1-2H3,(H,25,26,27). The lowest BCUT2D eigenvalue weighted by molar-refractivity contribution is -0.154. The Bertz CT molecular complexity index is 2810. The van der Waals surface area contributed by atoms with Gasteiger partial charge in [0.2, 0.25) is 0 Å². The molecular formula is C46H53N15O2. The number of imidazole rings is 2. The highest BCUT2D eigenvalue weighted by molar-refractivity contribution is 5.79. The van der Waals surface area contributed by atoms with E-state index in [-0.39, 0.29) is 5.97 Å². The molecule has 8 aromatic heterocycles. The summed E-state index contributed by atoms with van der Waals surface area (Å²) in [4.78, 5) is 39.2. The maximum atomic E-state index is 11.9. The number of pyridine rings is 4. The highest BCUT2D eigenvalue weighted by atomic mass is 16.6. The summed E-state index contributed by atoms with van der Waals surface area (Å²) in [6, 6.07) is 15.5. The molecule has 0 aliphatic carbocycles. The second kappa shape index (κ2) is 19.6. The molecule has 0 bridgehead atoms. The number of rotatable bonds is 14. The molecule has 17 heteroatoms. The van der Waals surface area contributed by atoms with E-state index >= 15 is 0 Å². The van der Waals surface area contributed by atoms with Gasteiger partial charge in [0.25, 0.3) is 0 Å². The molecule has 0 aliphatic heterocycles. The Labute approximate surface area is 366 Å². The van der Waals surface area contributed by atoms with Gasteiger partial charge in [0, 0.05) is 25.2 Å². The summed E-state index contributed by atoms with van der Waals surface area (Å²) < 4.78 is 9.20. The second-order valence-electron chi connectivity index (χ2n) is 16.7. The number of carbonyl (C=O) groups is 1. The molecule has 4 N–H and O–H groups in total. The van der Waals surface area contributed by atoms with Crippen LogP contribution in [0.15, 0.2) is 98.4 Å². The third-order valence-corrected chi connectivity index (χ3v) is 9.75. The summed E-state index contributed by atoms with van der Waals surface area (Å²) in [6.07, 6.45) is 17.1. The van der Waals surface area contributed by atoms with Crippen molar-refractivity contribution in [3.63, 3.8) is 0 Å². The first-order valence-electron chi connectivity index (χ1n) is 21.0. The van der Waals surface area contributed by atoms with E-state index in [9.17, 15) is 4.79 Å². The van der Waals surface area contributed by atoms with Crippen LogP contribution in [0.1, 0.15) is 95.7 Å². The molecule has 0 aromatic carbocycles. The summed E-state index contributed by atoms with van der Waals surface area (Å²) in [5.74, 6) is 3.23. The first-order chi connectivity index (χ1) is 30.3. The van der Waals surface area contributed by atoms with Gasteiger partial charge in [-0.2, -0.15) is 10.2 Å². The van der Waals surface area contributed by atoms with Gasteiger partial charge >= 0.3 is 5.97 Å². The van der Waals surface area contributed by atoms with Crippen LogP contribution in [0.2, 0.25) is 0 Å². The van der Waals surface area contributed by atoms with Crippen LogP contribution in [0.3, 0.4) is 0 Å². The highest BCUT2D eigenvalue weighted by Crippen LogP contribution is 2.23. The van der Waals surface area contributed by atoms with Crippen LogP contribution in [0, 0.1) is 0 Å². The second-order valence-corrected chi connectivity index (χ2v) is 16.7. The Morgan fingerprint density at radius 1 is 0.651 bits per heavy atom. The van der Waals surface area contributed by atoms with Gasteiger partial charge in [0.15, 0.2) is 11.6 Å². The van der Waals surface area contributed by atoms with Crippen molar-refractivity contribution >= 4 is 51.3 Å². The fourth-order valence-corrected chi connectivity index (χ4v) is 6.42. The molecule has 63 heavy (non-hydrogen) atoms. The quantitative estimate of drug-likeness (QED) is 0.0881. The summed E-state index contributed by atoms with van der Waals surface area (Å²) in [5, 5.41) is 22.9. The van der Waals surface area contributed by atoms with E-state index in [1.54, 1.807) is 31.2 Å². The Kier molecular flexibility index (Phi) is 13.6. The average Bonchev–Trinajstić information content (AvgIpc) is 3.94. The lowest BCUT2D eigenvalue weighted by atomic mass is 10.1. The van der Waals surface area contributed by atoms with E-state index in [2.05, 4.69) is 83.6 Å². The Morgan fingerprint density at radius 2 is 1.14 bits per heavy atom. The topological polar surface area (TPSA) is 215 Å². The molecule has 8 rings (SSSR count). The van der Waals surface area contributed by atoms with Crippen molar-refractivity contribution in [1.29, 1.82) is 0 Å². The van der Waals surface area contributed by atoms with Gasteiger partial charge in [-0.1, -0.05) is 27.7 Å². The number of esters is 1. The number of ether oxygens (including phenoxy) is 1. The number of hydrogen-bond acceptors (Lipinski definition) is 15. The molecule has 324 valence electrons. The minimum atomic E-state index is -0.462. The Balaban J connectivity index is 0.000000193. The van der Waals surface area contributed by atoms with Gasteiger partial charge < -0.3 is 30.2 Å². The van der Waals surface area contributed by atoms with Crippen LogP contribution in [0.4, 0.5) is 23.3 Å². The molecule has 17 nitrogen and oxygen atoms in total. The van der Waals surface area contributed by atoms with E-state index in [0.717, 1.165) is 62.4 Å². The summed E-state index contributed by atoms with van der Waals surface area (Å²) in [7, 11) is 0. The summed E-state index contributed by atoms with van der Waals surface area (Å²) in [5.41, 5.74) is 14.1. The molecule has 0 aliphatic rings. The SMILES string of the molecule is CC(C)c1cnnc(Nc2ccc3ncc(-n4cnc(CCCC(=O)OC(C)(C)C)c4)cc3n2)c1.CC(C)c1cnnc(Nc2ccc3ncc(-n4cnc(CCN)c4)cc3n2)c1. The third kappa shape index (κ3) is 12.0. The van der Waals surface area contributed by atoms with Crippen LogP contribution in [-0.4, -0.2) is 77.5 Å². The van der Waals surface area contributed by atoms with E-state index in [0.29, 0.717) is 60.9 Å². The van der Waals surface area contributed by atoms with Crippen LogP contribution in [-0.2, 0) is 22.4 Å². The van der Waals surface area contributed by atoms with Gasteiger partial charge in [-0.25, -0.2) is 19.9 Å². The van der Waals surface area contributed by atoms with E-state index in [1.807, 2.05) is 97.0 Å². The maximum Gasteiger partial charge on any atom is 0.306 e. The maximum absolute atomic E-state index is 11.9. The van der Waals surface area contributed by atoms with Gasteiger partial charge in [-0.05, 0) is 112 Å². The zero-order chi connectivity index (χ0) is 44.5. The van der Waals surface area contributed by atoms with Crippen molar-refractivity contribution < 1.29 is 9.53 Å². The number of nitrogens with one attached hydrogen (secondary N) is 2. The largest absolute Gasteiger partial charge is 0.460 e. The van der Waals surface area contributed by atoms with Crippen molar-refractivity contribution in [2.75, 3.05) is 17.2 Å². The van der Waals surface area contributed by atoms with Crippen molar-refractivity contribution in [2.24, 2.45) is 5.73 Å². The molecule has 0 saturated carbocycles. The zero-order valence-electron chi connectivity index (χ0n) is 36.7. The van der Waals surface area contributed by atoms with Gasteiger partial charge in [0.05, 0.1) is 82.3 Å². The van der Waals surface area contributed by atoms with Gasteiger partial charge in [-0.15, -0.1) is 10.2 Å². The first kappa shape index (κ1) is 43.8. The van der Waals surface area contributed by atoms with E-state index in [4.69, 9.17) is 15.5 Å². The predicted octanol–water partition coefficient (Wildman–Crippen LogP) is 8.11. The average molecular weight is 848 g/mol. The van der Waals surface area contributed by atoms with Gasteiger partial charge in [-0.3, -0.25) is 14.8 Å². The lowest BCUT2D eigenvalue weighted by Gasteiger charge is -2.19. The molecule has 0 atom stereocenters. The fraction of sp³-hybridized carbons (Fsp3) is 0.326. The number of aromatic nitrogens is 12. The minimum Gasteiger partial charge on any atom is -0.460 e. The first-order valence-corrected chi connectivity index (χ1v) is 21.0. The van der Waals surface area contributed by atoms with Crippen molar-refractivity contribution in [3.05, 3.63) is 121 Å². The lowest BCUT2D eigenvalue weighted by Crippen LogP contribution is -2.23. The Morgan fingerprint density at radius 3 is 1.60 bits per heavy atom. The fourth-order valence-electron chi connectivity index (χ4n) is 6.42. The number of aryl methyl sites for hydroxylation is 1. The number of hydrogen-bond donors (Lipinski definition) is 3. The van der Waals surface area contributed by atoms with Crippen molar-refractivity contribution in [3.8, 4) is 11.4 Å². The van der Waals surface area contributed by atoms with Gasteiger partial charge in [0.1, 0.15) is 17.2 Å². The molecule has 0 spiro atoms. The van der Waals surface area contributed by atoms with Crippen molar-refractivity contribution in [1.82, 2.24) is 59.4 Å². The third-order valence-electron chi connectivity index (χ3n) is 9.75. The number of anilines is 4. The summed E-state index contributed by atoms with van der Waals surface area (Å²) in [6.45, 7) is 14.7. The molecule has 0 saturated heterocycles.